The first-order valence-corrected chi connectivity index (χ1v) is 7.96. The van der Waals surface area contributed by atoms with Crippen molar-refractivity contribution >= 4 is 28.7 Å². The van der Waals surface area contributed by atoms with Crippen LogP contribution in [0.25, 0.3) is 39.8 Å². The molecule has 0 radical (unpaired) electrons. The van der Waals surface area contributed by atoms with Gasteiger partial charge in [-0.25, -0.2) is 4.98 Å². The van der Waals surface area contributed by atoms with Gasteiger partial charge in [0.05, 0.1) is 21.7 Å². The number of aromatic nitrogens is 3. The number of H-pyrrole nitrogens is 1. The van der Waals surface area contributed by atoms with Crippen molar-refractivity contribution in [3.05, 3.63) is 78.0 Å². The Hall–Kier alpha value is -2.91. The second kappa shape index (κ2) is 5.95. The summed E-state index contributed by atoms with van der Waals surface area (Å²) in [5.41, 5.74) is 5.65. The Morgan fingerprint density at radius 3 is 2.46 bits per heavy atom. The third-order valence-corrected chi connectivity index (χ3v) is 4.21. The van der Waals surface area contributed by atoms with Crippen molar-refractivity contribution in [1.29, 1.82) is 0 Å². The molecule has 0 atom stereocenters. The van der Waals surface area contributed by atoms with Crippen molar-refractivity contribution in [3.63, 3.8) is 0 Å². The van der Waals surface area contributed by atoms with E-state index in [-0.39, 0.29) is 0 Å². The average molecular weight is 332 g/mol. The highest BCUT2D eigenvalue weighted by Crippen LogP contribution is 2.29. The maximum Gasteiger partial charge on any atom is 0.138 e. The summed E-state index contributed by atoms with van der Waals surface area (Å²) in [6.07, 6.45) is 3.49. The lowest BCUT2D eigenvalue weighted by Gasteiger charge is -2.05. The molecular formula is C20H14ClN3. The van der Waals surface area contributed by atoms with E-state index in [1.54, 1.807) is 12.3 Å². The molecule has 4 rings (SSSR count). The van der Waals surface area contributed by atoms with Gasteiger partial charge in [0.1, 0.15) is 5.82 Å². The molecule has 3 nitrogen and oxygen atoms in total. The lowest BCUT2D eigenvalue weighted by Crippen LogP contribution is -1.87. The highest BCUT2D eigenvalue weighted by molar-refractivity contribution is 6.33. The lowest BCUT2D eigenvalue weighted by molar-refractivity contribution is 1.31. The Morgan fingerprint density at radius 1 is 1.00 bits per heavy atom. The van der Waals surface area contributed by atoms with E-state index in [1.165, 1.54) is 0 Å². The van der Waals surface area contributed by atoms with Gasteiger partial charge in [0, 0.05) is 17.3 Å². The predicted octanol–water partition coefficient (Wildman–Crippen LogP) is 5.59. The van der Waals surface area contributed by atoms with Crippen LogP contribution in [0, 0.1) is 0 Å². The van der Waals surface area contributed by atoms with Gasteiger partial charge in [0.25, 0.3) is 0 Å². The van der Waals surface area contributed by atoms with E-state index in [1.807, 2.05) is 54.6 Å². The van der Waals surface area contributed by atoms with Crippen molar-refractivity contribution in [2.75, 3.05) is 0 Å². The number of halogens is 1. The number of rotatable bonds is 3. The molecule has 0 amide bonds. The van der Waals surface area contributed by atoms with Crippen molar-refractivity contribution < 1.29 is 0 Å². The molecule has 2 aromatic carbocycles. The van der Waals surface area contributed by atoms with E-state index in [0.29, 0.717) is 5.02 Å². The van der Waals surface area contributed by atoms with E-state index < -0.39 is 0 Å². The minimum atomic E-state index is 0.615. The van der Waals surface area contributed by atoms with Crippen LogP contribution in [0.15, 0.2) is 67.4 Å². The summed E-state index contributed by atoms with van der Waals surface area (Å²) in [5.74, 6) is 0.851. The topological polar surface area (TPSA) is 41.6 Å². The van der Waals surface area contributed by atoms with E-state index in [9.17, 15) is 0 Å². The number of benzene rings is 2. The van der Waals surface area contributed by atoms with E-state index in [4.69, 9.17) is 11.6 Å². The molecule has 0 bridgehead atoms. The molecule has 24 heavy (non-hydrogen) atoms. The fourth-order valence-electron chi connectivity index (χ4n) is 2.65. The van der Waals surface area contributed by atoms with Gasteiger partial charge in [0.2, 0.25) is 0 Å². The van der Waals surface area contributed by atoms with E-state index in [2.05, 4.69) is 21.5 Å². The van der Waals surface area contributed by atoms with Gasteiger partial charge in [-0.1, -0.05) is 60.7 Å². The summed E-state index contributed by atoms with van der Waals surface area (Å²) in [5, 5.41) is 0.615. The fraction of sp³-hybridized carbons (Fsp3) is 0. The van der Waals surface area contributed by atoms with Crippen LogP contribution in [0.4, 0.5) is 0 Å². The first-order valence-electron chi connectivity index (χ1n) is 7.58. The van der Waals surface area contributed by atoms with Gasteiger partial charge in [0.15, 0.2) is 0 Å². The maximum atomic E-state index is 6.32. The number of para-hydroxylation sites is 2. The van der Waals surface area contributed by atoms with Gasteiger partial charge in [-0.05, 0) is 23.8 Å². The second-order valence-electron chi connectivity index (χ2n) is 5.48. The van der Waals surface area contributed by atoms with E-state index >= 15 is 0 Å². The summed E-state index contributed by atoms with van der Waals surface area (Å²) < 4.78 is 0. The van der Waals surface area contributed by atoms with Gasteiger partial charge in [-0.15, -0.1) is 0 Å². The first kappa shape index (κ1) is 14.7. The Kier molecular flexibility index (Phi) is 3.63. The highest BCUT2D eigenvalue weighted by Gasteiger charge is 2.08. The Labute approximate surface area is 144 Å². The molecule has 0 unspecified atom stereocenters. The molecular weight excluding hydrogens is 318 g/mol. The van der Waals surface area contributed by atoms with Crippen LogP contribution in [0.3, 0.4) is 0 Å². The fourth-order valence-corrected chi connectivity index (χ4v) is 2.94. The smallest absolute Gasteiger partial charge is 0.138 e. The van der Waals surface area contributed by atoms with Crippen LogP contribution in [-0.4, -0.2) is 15.0 Å². The van der Waals surface area contributed by atoms with Crippen LogP contribution in [0.1, 0.15) is 5.56 Å². The predicted molar refractivity (Wildman–Crippen MR) is 99.9 cm³/mol. The average Bonchev–Trinajstić information content (AvgIpc) is 3.06. The van der Waals surface area contributed by atoms with Crippen molar-refractivity contribution in [2.45, 2.75) is 0 Å². The number of hydrogen-bond donors (Lipinski definition) is 1. The molecule has 0 saturated heterocycles. The van der Waals surface area contributed by atoms with Crippen molar-refractivity contribution in [3.8, 4) is 22.6 Å². The molecule has 4 aromatic rings. The molecule has 0 aliphatic rings. The standard InChI is InChI=1S/C20H14ClN3/c1-2-13-11-16(21)19(22-12-13)14-7-9-15(10-8-14)20-23-17-5-3-4-6-18(17)24-20/h2-12H,1H2,(H,23,24). The van der Waals surface area contributed by atoms with Gasteiger partial charge >= 0.3 is 0 Å². The normalized spacial score (nSPS) is 10.9. The Morgan fingerprint density at radius 2 is 1.75 bits per heavy atom. The zero-order valence-electron chi connectivity index (χ0n) is 12.8. The van der Waals surface area contributed by atoms with Gasteiger partial charge in [-0.2, -0.15) is 0 Å². The van der Waals surface area contributed by atoms with Crippen LogP contribution in [-0.2, 0) is 0 Å². The second-order valence-corrected chi connectivity index (χ2v) is 5.89. The number of imidazole rings is 1. The third-order valence-electron chi connectivity index (χ3n) is 3.92. The highest BCUT2D eigenvalue weighted by atomic mass is 35.5. The first-order chi connectivity index (χ1) is 11.7. The van der Waals surface area contributed by atoms with Gasteiger partial charge in [-0.3, -0.25) is 4.98 Å². The number of hydrogen-bond acceptors (Lipinski definition) is 2. The molecule has 0 spiro atoms. The summed E-state index contributed by atoms with van der Waals surface area (Å²) in [6.45, 7) is 3.73. The van der Waals surface area contributed by atoms with Crippen LogP contribution in [0.2, 0.25) is 5.02 Å². The molecule has 1 N–H and O–H groups in total. The molecule has 0 fully saturated rings. The third kappa shape index (κ3) is 2.59. The van der Waals surface area contributed by atoms with Crippen molar-refractivity contribution in [1.82, 2.24) is 15.0 Å². The molecule has 0 aliphatic heterocycles. The minimum Gasteiger partial charge on any atom is -0.338 e. The Bertz CT molecular complexity index is 999. The SMILES string of the molecule is C=Cc1cnc(-c2ccc(-c3nc4ccccc4[nH]3)cc2)c(Cl)c1. The number of aromatic amines is 1. The van der Waals surface area contributed by atoms with Crippen LogP contribution < -0.4 is 0 Å². The van der Waals surface area contributed by atoms with Crippen LogP contribution in [0.5, 0.6) is 0 Å². The summed E-state index contributed by atoms with van der Waals surface area (Å²) in [6, 6.07) is 17.9. The molecule has 2 aromatic heterocycles. The lowest BCUT2D eigenvalue weighted by atomic mass is 10.1. The van der Waals surface area contributed by atoms with Gasteiger partial charge < -0.3 is 4.98 Å². The molecule has 116 valence electrons. The number of nitrogens with zero attached hydrogens (tertiary/aromatic N) is 2. The summed E-state index contributed by atoms with van der Waals surface area (Å²) in [4.78, 5) is 12.4. The monoisotopic (exact) mass is 331 g/mol. The Balaban J connectivity index is 1.71. The molecule has 0 aliphatic carbocycles. The molecule has 2 heterocycles. The zero-order chi connectivity index (χ0) is 16.5. The molecule has 0 saturated carbocycles. The number of nitrogens with one attached hydrogen (secondary N) is 1. The largest absolute Gasteiger partial charge is 0.338 e. The maximum absolute atomic E-state index is 6.32. The quantitative estimate of drug-likeness (QED) is 0.531. The summed E-state index contributed by atoms with van der Waals surface area (Å²) >= 11 is 6.32. The molecule has 4 heteroatoms. The minimum absolute atomic E-state index is 0.615. The number of pyridine rings is 1. The number of fused-ring (bicyclic) bond motifs is 1. The summed E-state index contributed by atoms with van der Waals surface area (Å²) in [7, 11) is 0. The zero-order valence-corrected chi connectivity index (χ0v) is 13.6. The van der Waals surface area contributed by atoms with Crippen molar-refractivity contribution in [2.24, 2.45) is 0 Å². The van der Waals surface area contributed by atoms with Crippen LogP contribution >= 0.6 is 11.6 Å². The van der Waals surface area contributed by atoms with E-state index in [0.717, 1.165) is 39.2 Å².